The van der Waals surface area contributed by atoms with Crippen LogP contribution in [0.4, 0.5) is 0 Å². The molecule has 10 aliphatic rings. The summed E-state index contributed by atoms with van der Waals surface area (Å²) in [4.78, 5) is 2.35. The molecule has 0 amide bonds. The second-order valence-electron chi connectivity index (χ2n) is 21.3. The fourth-order valence-electron chi connectivity index (χ4n) is 15.5. The third-order valence-corrected chi connectivity index (χ3v) is 19.2. The van der Waals surface area contributed by atoms with Crippen molar-refractivity contribution in [3.05, 3.63) is 89.0 Å². The van der Waals surface area contributed by atoms with E-state index in [-0.39, 0.29) is 21.7 Å². The van der Waals surface area contributed by atoms with E-state index in [0.717, 1.165) is 13.1 Å². The number of rotatable bonds is 9. The van der Waals surface area contributed by atoms with Crippen LogP contribution in [0, 0.1) is 46.3 Å². The highest BCUT2D eigenvalue weighted by atomic mass is 32.1. The first-order chi connectivity index (χ1) is 27.6. The quantitative estimate of drug-likeness (QED) is 0.150. The van der Waals surface area contributed by atoms with Crippen molar-refractivity contribution >= 4 is 40.0 Å². The number of nitrogens with one attached hydrogen (secondary N) is 2. The summed E-state index contributed by atoms with van der Waals surface area (Å²) in [6.45, 7) is 8.81. The van der Waals surface area contributed by atoms with Crippen LogP contribution >= 0.6 is 24.4 Å². The SMILES string of the molecule is C=C1C2CC3(C(=S)N[C@H]4CC[C@H](CN)CC4)CC1CC(c1ccc(C(C)=C4C5CC6(C(=S)N[C@H]7CC[C@H](CN)CC7)CC4CC(c4ccccc4)(C5)C6)cc1)(C2)C3. The molecule has 2 aromatic carbocycles. The van der Waals surface area contributed by atoms with E-state index < -0.39 is 0 Å². The standard InChI is InChI=1S/C51H68N4S2/c1-32-37-20-48(21-38(32)23-50(22-37,30-48)46(56)54-43-16-8-34(28-52)9-17-43)42-14-12-36(13-15-42)33(2)45-39-24-49(41-6-4-3-5-7-41)25-40(45)27-51(26-39,31-49)47(57)55-44-18-10-35(29-53)11-19-44/h3-7,12-15,34-35,37-40,43-44H,1,8-11,16-31,52-53H2,2H3,(H,54,56)(H,55,57)/t34-,35-,37?,38?,39?,40?,43-,44-,48?,49?,50?,51?. The highest BCUT2D eigenvalue weighted by Gasteiger charge is 2.63. The molecular weight excluding hydrogens is 733 g/mol. The molecule has 6 N–H and O–H groups in total. The van der Waals surface area contributed by atoms with E-state index >= 15 is 0 Å². The topological polar surface area (TPSA) is 76.1 Å². The number of allylic oxidation sites excluding steroid dienone is 3. The fraction of sp³-hybridized carbons (Fsp3) is 0.647. The molecule has 0 spiro atoms. The Hall–Kier alpha value is -2.38. The maximum atomic E-state index is 6.51. The molecule has 10 saturated carbocycles. The van der Waals surface area contributed by atoms with E-state index in [1.807, 2.05) is 0 Å². The van der Waals surface area contributed by atoms with Crippen molar-refractivity contribution in [2.75, 3.05) is 13.1 Å². The Morgan fingerprint density at radius 3 is 1.47 bits per heavy atom. The van der Waals surface area contributed by atoms with Crippen LogP contribution in [0.15, 0.2) is 72.3 Å². The minimum Gasteiger partial charge on any atom is -0.376 e. The van der Waals surface area contributed by atoms with Gasteiger partial charge >= 0.3 is 0 Å². The Morgan fingerprint density at radius 1 is 0.596 bits per heavy atom. The van der Waals surface area contributed by atoms with Crippen LogP contribution in [0.25, 0.3) is 5.57 Å². The lowest BCUT2D eigenvalue weighted by Crippen LogP contribution is -2.60. The predicted molar refractivity (Wildman–Crippen MR) is 244 cm³/mol. The molecule has 304 valence electrons. The fourth-order valence-corrected chi connectivity index (χ4v) is 16.3. The van der Waals surface area contributed by atoms with Gasteiger partial charge in [-0.05, 0) is 204 Å². The van der Waals surface area contributed by atoms with Gasteiger partial charge in [-0.1, -0.05) is 96.8 Å². The zero-order chi connectivity index (χ0) is 39.2. The zero-order valence-electron chi connectivity index (χ0n) is 34.6. The first-order valence-electron chi connectivity index (χ1n) is 23.1. The summed E-state index contributed by atoms with van der Waals surface area (Å²) in [6, 6.07) is 22.6. The number of thiocarbonyl (C=S) groups is 2. The maximum Gasteiger partial charge on any atom is 0.0818 e. The van der Waals surface area contributed by atoms with Gasteiger partial charge in [-0.25, -0.2) is 0 Å². The molecule has 4 unspecified atom stereocenters. The Kier molecular flexibility index (Phi) is 9.98. The average molecular weight is 801 g/mol. The van der Waals surface area contributed by atoms with Gasteiger partial charge in [0, 0.05) is 22.9 Å². The molecule has 4 nitrogen and oxygen atoms in total. The summed E-state index contributed by atoms with van der Waals surface area (Å²) in [6.07, 6.45) is 21.9. The molecule has 12 rings (SSSR count). The van der Waals surface area contributed by atoms with Crippen LogP contribution in [-0.2, 0) is 10.8 Å². The molecular formula is C51H68N4S2. The summed E-state index contributed by atoms with van der Waals surface area (Å²) in [7, 11) is 0. The highest BCUT2D eigenvalue weighted by molar-refractivity contribution is 7.80. The van der Waals surface area contributed by atoms with Crippen molar-refractivity contribution in [2.45, 2.75) is 145 Å². The van der Waals surface area contributed by atoms with Crippen LogP contribution in [0.5, 0.6) is 0 Å². The maximum absolute atomic E-state index is 6.51. The third kappa shape index (κ3) is 6.56. The largest absolute Gasteiger partial charge is 0.376 e. The van der Waals surface area contributed by atoms with Gasteiger partial charge in [-0.15, -0.1) is 0 Å². The van der Waals surface area contributed by atoms with Crippen LogP contribution in [-0.4, -0.2) is 35.2 Å². The molecule has 4 atom stereocenters. The summed E-state index contributed by atoms with van der Waals surface area (Å²) >= 11 is 12.9. The minimum absolute atomic E-state index is 0.0904. The predicted octanol–water partition coefficient (Wildman–Crippen LogP) is 10.5. The van der Waals surface area contributed by atoms with Gasteiger partial charge in [-0.2, -0.15) is 0 Å². The van der Waals surface area contributed by atoms with Crippen molar-refractivity contribution in [2.24, 2.45) is 57.8 Å². The molecule has 6 heteroatoms. The lowest BCUT2D eigenvalue weighted by Gasteiger charge is -2.64. The van der Waals surface area contributed by atoms with Crippen molar-refractivity contribution in [1.29, 1.82) is 0 Å². The Balaban J connectivity index is 0.906. The van der Waals surface area contributed by atoms with Crippen LogP contribution < -0.4 is 22.1 Å². The molecule has 2 aromatic rings. The summed E-state index contributed by atoms with van der Waals surface area (Å²) in [5, 5.41) is 7.99. The molecule has 10 aliphatic carbocycles. The van der Waals surface area contributed by atoms with Crippen molar-refractivity contribution < 1.29 is 0 Å². The monoisotopic (exact) mass is 800 g/mol. The van der Waals surface area contributed by atoms with Gasteiger partial charge in [0.15, 0.2) is 0 Å². The van der Waals surface area contributed by atoms with Crippen molar-refractivity contribution in [3.8, 4) is 0 Å². The van der Waals surface area contributed by atoms with E-state index in [0.29, 0.717) is 47.6 Å². The summed E-state index contributed by atoms with van der Waals surface area (Å²) in [5.41, 5.74) is 22.0. The average Bonchev–Trinajstić information content (AvgIpc) is 3.23. The Morgan fingerprint density at radius 2 is 1.02 bits per heavy atom. The van der Waals surface area contributed by atoms with Gasteiger partial charge in [0.25, 0.3) is 0 Å². The van der Waals surface area contributed by atoms with E-state index in [2.05, 4.69) is 72.2 Å². The number of hydrogen-bond acceptors (Lipinski definition) is 4. The normalized spacial score (nSPS) is 41.6. The number of hydrogen-bond donors (Lipinski definition) is 4. The van der Waals surface area contributed by atoms with Gasteiger partial charge < -0.3 is 22.1 Å². The molecule has 0 radical (unpaired) electrons. The molecule has 10 fully saturated rings. The Bertz CT molecular complexity index is 1880. The van der Waals surface area contributed by atoms with E-state index in [9.17, 15) is 0 Å². The van der Waals surface area contributed by atoms with Crippen molar-refractivity contribution in [3.63, 3.8) is 0 Å². The van der Waals surface area contributed by atoms with Crippen LogP contribution in [0.2, 0.25) is 0 Å². The highest BCUT2D eigenvalue weighted by Crippen LogP contribution is 2.70. The third-order valence-electron chi connectivity index (χ3n) is 18.1. The van der Waals surface area contributed by atoms with E-state index in [4.69, 9.17) is 42.5 Å². The van der Waals surface area contributed by atoms with Crippen molar-refractivity contribution in [1.82, 2.24) is 10.6 Å². The number of nitrogens with two attached hydrogens (primary N) is 2. The van der Waals surface area contributed by atoms with Gasteiger partial charge in [-0.3, -0.25) is 0 Å². The molecule has 0 saturated heterocycles. The first-order valence-corrected chi connectivity index (χ1v) is 24.0. The smallest absolute Gasteiger partial charge is 0.0818 e. The molecule has 0 heterocycles. The molecule has 57 heavy (non-hydrogen) atoms. The van der Waals surface area contributed by atoms with Crippen LogP contribution in [0.1, 0.15) is 139 Å². The van der Waals surface area contributed by atoms with Crippen LogP contribution in [0.3, 0.4) is 0 Å². The Labute approximate surface area is 354 Å². The minimum atomic E-state index is 0.0904. The first kappa shape index (κ1) is 38.8. The van der Waals surface area contributed by atoms with Gasteiger partial charge in [0.1, 0.15) is 0 Å². The number of benzene rings is 2. The van der Waals surface area contributed by atoms with Gasteiger partial charge in [0.05, 0.1) is 9.98 Å². The van der Waals surface area contributed by atoms with Gasteiger partial charge in [0.2, 0.25) is 0 Å². The molecule has 0 aromatic heterocycles. The summed E-state index contributed by atoms with van der Waals surface area (Å²) < 4.78 is 0. The zero-order valence-corrected chi connectivity index (χ0v) is 36.3. The second kappa shape index (κ2) is 14.7. The summed E-state index contributed by atoms with van der Waals surface area (Å²) in [5.74, 6) is 3.69. The second-order valence-corrected chi connectivity index (χ2v) is 22.2. The lowest BCUT2D eigenvalue weighted by molar-refractivity contribution is 0.00591. The molecule has 0 aliphatic heterocycles. The van der Waals surface area contributed by atoms with E-state index in [1.54, 1.807) is 16.7 Å². The lowest BCUT2D eigenvalue weighted by atomic mass is 9.41. The molecule has 8 bridgehead atoms. The van der Waals surface area contributed by atoms with E-state index in [1.165, 1.54) is 142 Å².